The molecule has 5 rings (SSSR count). The van der Waals surface area contributed by atoms with Crippen LogP contribution in [-0.2, 0) is 4.79 Å². The summed E-state index contributed by atoms with van der Waals surface area (Å²) in [4.78, 5) is 39.3. The Kier molecular flexibility index (Phi) is 7.04. The predicted octanol–water partition coefficient (Wildman–Crippen LogP) is 2.54. The second kappa shape index (κ2) is 10.4. The van der Waals surface area contributed by atoms with E-state index in [0.29, 0.717) is 28.8 Å². The molecule has 3 N–H and O–H groups in total. The number of rotatable bonds is 11. The molecule has 3 aromatic heterocycles. The highest BCUT2D eigenvalue weighted by molar-refractivity contribution is 6.00. The van der Waals surface area contributed by atoms with E-state index in [1.54, 1.807) is 33.9 Å². The first kappa shape index (κ1) is 25.7. The fourth-order valence-electron chi connectivity index (χ4n) is 5.14. The normalized spacial score (nSPS) is 16.9. The molecule has 0 radical (unpaired) electrons. The van der Waals surface area contributed by atoms with Crippen molar-refractivity contribution in [3.63, 3.8) is 0 Å². The standard InChI is InChI=1S/C26H34N8O4/c1-14(2)34-20(9-10-27-34)25(36)30-23(22(16-5-6-16)17-7-8-17)26(37)29-18-12-28-33(13-18)15(3)19-11-21(38-4)31-32-24(19)35/h9-17,22-23H,5-8H2,1-4H3,(H,29,37)(H,30,36)(H,32,35). The third-order valence-electron chi connectivity index (χ3n) is 7.41. The van der Waals surface area contributed by atoms with Crippen LogP contribution < -0.4 is 20.9 Å². The number of carbonyl (C=O) groups is 2. The summed E-state index contributed by atoms with van der Waals surface area (Å²) in [7, 11) is 1.47. The number of amides is 2. The van der Waals surface area contributed by atoms with E-state index >= 15 is 0 Å². The van der Waals surface area contributed by atoms with Crippen molar-refractivity contribution in [3.8, 4) is 5.88 Å². The van der Waals surface area contributed by atoms with Crippen molar-refractivity contribution in [2.24, 2.45) is 17.8 Å². The Morgan fingerprint density at radius 1 is 1.13 bits per heavy atom. The summed E-state index contributed by atoms with van der Waals surface area (Å²) in [6.45, 7) is 5.74. The summed E-state index contributed by atoms with van der Waals surface area (Å²) in [5.74, 6) is 0.669. The Bertz CT molecular complexity index is 1360. The van der Waals surface area contributed by atoms with Gasteiger partial charge in [0.15, 0.2) is 0 Å². The number of hydrogen-bond acceptors (Lipinski definition) is 7. The van der Waals surface area contributed by atoms with E-state index in [-0.39, 0.29) is 35.2 Å². The lowest BCUT2D eigenvalue weighted by atomic mass is 9.88. The molecule has 2 atom stereocenters. The zero-order valence-electron chi connectivity index (χ0n) is 22.0. The third-order valence-corrected chi connectivity index (χ3v) is 7.41. The van der Waals surface area contributed by atoms with Crippen LogP contribution in [-0.4, -0.2) is 54.7 Å². The number of hydrogen-bond donors (Lipinski definition) is 3. The first-order valence-corrected chi connectivity index (χ1v) is 13.1. The Balaban J connectivity index is 1.35. The van der Waals surface area contributed by atoms with Crippen molar-refractivity contribution in [3.05, 3.63) is 52.3 Å². The number of nitrogens with zero attached hydrogens (tertiary/aromatic N) is 5. The van der Waals surface area contributed by atoms with Gasteiger partial charge in [-0.25, -0.2) is 5.10 Å². The average molecular weight is 523 g/mol. The van der Waals surface area contributed by atoms with Gasteiger partial charge in [0.2, 0.25) is 11.8 Å². The van der Waals surface area contributed by atoms with Crippen molar-refractivity contribution in [1.29, 1.82) is 0 Å². The molecule has 2 unspecified atom stereocenters. The van der Waals surface area contributed by atoms with Crippen LogP contribution >= 0.6 is 0 Å². The number of carbonyl (C=O) groups excluding carboxylic acids is 2. The predicted molar refractivity (Wildman–Crippen MR) is 139 cm³/mol. The highest BCUT2D eigenvalue weighted by Gasteiger charge is 2.48. The van der Waals surface area contributed by atoms with Crippen molar-refractivity contribution < 1.29 is 14.3 Å². The molecule has 12 nitrogen and oxygen atoms in total. The Labute approximate surface area is 220 Å². The van der Waals surface area contributed by atoms with E-state index in [1.807, 2.05) is 20.8 Å². The number of ether oxygens (including phenoxy) is 1. The molecule has 3 aromatic rings. The van der Waals surface area contributed by atoms with E-state index < -0.39 is 12.1 Å². The lowest BCUT2D eigenvalue weighted by Crippen LogP contribution is -2.50. The van der Waals surface area contributed by atoms with Gasteiger partial charge in [0, 0.05) is 30.1 Å². The second-order valence-electron chi connectivity index (χ2n) is 10.5. The molecule has 2 fully saturated rings. The van der Waals surface area contributed by atoms with E-state index in [1.165, 1.54) is 13.3 Å². The molecule has 12 heteroatoms. The van der Waals surface area contributed by atoms with E-state index in [0.717, 1.165) is 25.7 Å². The van der Waals surface area contributed by atoms with Crippen molar-refractivity contribution in [1.82, 2.24) is 35.1 Å². The first-order valence-electron chi connectivity index (χ1n) is 13.1. The van der Waals surface area contributed by atoms with E-state index in [9.17, 15) is 14.4 Å². The maximum Gasteiger partial charge on any atom is 0.270 e. The molecule has 2 amide bonds. The molecule has 38 heavy (non-hydrogen) atoms. The Morgan fingerprint density at radius 2 is 1.84 bits per heavy atom. The quantitative estimate of drug-likeness (QED) is 0.350. The first-order chi connectivity index (χ1) is 18.3. The minimum atomic E-state index is -0.675. The highest BCUT2D eigenvalue weighted by atomic mass is 16.5. The molecule has 2 aliphatic carbocycles. The van der Waals surface area contributed by atoms with Crippen molar-refractivity contribution in [2.75, 3.05) is 12.4 Å². The molecule has 0 aliphatic heterocycles. The van der Waals surface area contributed by atoms with Crippen LogP contribution in [0.15, 0.2) is 35.5 Å². The van der Waals surface area contributed by atoms with Crippen LogP contribution in [0.2, 0.25) is 0 Å². The average Bonchev–Trinajstić information content (AvgIpc) is 3.82. The summed E-state index contributed by atoms with van der Waals surface area (Å²) < 4.78 is 8.37. The number of aromatic amines is 1. The van der Waals surface area contributed by atoms with Crippen LogP contribution in [0.25, 0.3) is 0 Å². The van der Waals surface area contributed by atoms with Gasteiger partial charge in [-0.15, -0.1) is 5.10 Å². The van der Waals surface area contributed by atoms with Crippen LogP contribution in [0.3, 0.4) is 0 Å². The number of H-pyrrole nitrogens is 1. The monoisotopic (exact) mass is 522 g/mol. The fourth-order valence-corrected chi connectivity index (χ4v) is 5.14. The molecule has 3 heterocycles. The van der Waals surface area contributed by atoms with Crippen LogP contribution in [0.1, 0.15) is 74.6 Å². The van der Waals surface area contributed by atoms with Gasteiger partial charge < -0.3 is 15.4 Å². The molecular formula is C26H34N8O4. The number of aromatic nitrogens is 6. The maximum atomic E-state index is 13.7. The fraction of sp³-hybridized carbons (Fsp3) is 0.538. The van der Waals surface area contributed by atoms with Gasteiger partial charge in [-0.05, 0) is 70.3 Å². The minimum absolute atomic E-state index is 0.0149. The van der Waals surface area contributed by atoms with Crippen molar-refractivity contribution >= 4 is 17.5 Å². The summed E-state index contributed by atoms with van der Waals surface area (Å²) in [5, 5.41) is 20.9. The van der Waals surface area contributed by atoms with Gasteiger partial charge in [0.25, 0.3) is 11.5 Å². The lowest BCUT2D eigenvalue weighted by molar-refractivity contribution is -0.119. The summed E-state index contributed by atoms with van der Waals surface area (Å²) >= 11 is 0. The van der Waals surface area contributed by atoms with Gasteiger partial charge in [0.1, 0.15) is 11.7 Å². The number of anilines is 1. The molecule has 0 spiro atoms. The molecule has 0 saturated heterocycles. The van der Waals surface area contributed by atoms with Gasteiger partial charge in [0.05, 0.1) is 25.0 Å². The molecule has 2 saturated carbocycles. The Morgan fingerprint density at radius 3 is 2.47 bits per heavy atom. The van der Waals surface area contributed by atoms with Gasteiger partial charge >= 0.3 is 0 Å². The smallest absolute Gasteiger partial charge is 0.270 e. The largest absolute Gasteiger partial charge is 0.480 e. The SMILES string of the molecule is COc1cc(C(C)n2cc(NC(=O)C(NC(=O)c3ccnn3C(C)C)C(C3CC3)C3CC3)cn2)c(=O)[nH]n1. The molecular weight excluding hydrogens is 488 g/mol. The molecule has 2 aliphatic rings. The molecule has 0 aromatic carbocycles. The van der Waals surface area contributed by atoms with Crippen molar-refractivity contribution in [2.45, 2.75) is 64.6 Å². The topological polar surface area (TPSA) is 149 Å². The third kappa shape index (κ3) is 5.34. The zero-order chi connectivity index (χ0) is 27.0. The van der Waals surface area contributed by atoms with Gasteiger partial charge in [-0.1, -0.05) is 0 Å². The van der Waals surface area contributed by atoms with E-state index in [4.69, 9.17) is 4.74 Å². The van der Waals surface area contributed by atoms with E-state index in [2.05, 4.69) is 31.0 Å². The summed E-state index contributed by atoms with van der Waals surface area (Å²) in [6, 6.07) is 2.15. The molecule has 202 valence electrons. The zero-order valence-corrected chi connectivity index (χ0v) is 22.0. The maximum absolute atomic E-state index is 13.7. The van der Waals surface area contributed by atoms with Gasteiger partial charge in [-0.2, -0.15) is 10.2 Å². The minimum Gasteiger partial charge on any atom is -0.480 e. The highest BCUT2D eigenvalue weighted by Crippen LogP contribution is 2.51. The van der Waals surface area contributed by atoms with Crippen LogP contribution in [0, 0.1) is 17.8 Å². The Hall–Kier alpha value is -3.96. The number of methoxy groups -OCH3 is 1. The summed E-state index contributed by atoms with van der Waals surface area (Å²) in [5.41, 5.74) is 0.991. The molecule has 0 bridgehead atoms. The summed E-state index contributed by atoms with van der Waals surface area (Å²) in [6.07, 6.45) is 9.10. The lowest BCUT2D eigenvalue weighted by Gasteiger charge is -2.27. The number of nitrogens with one attached hydrogen (secondary N) is 3. The van der Waals surface area contributed by atoms with Crippen LogP contribution in [0.5, 0.6) is 5.88 Å². The second-order valence-corrected chi connectivity index (χ2v) is 10.5. The van der Waals surface area contributed by atoms with Gasteiger partial charge in [-0.3, -0.25) is 23.7 Å². The van der Waals surface area contributed by atoms with Crippen LogP contribution in [0.4, 0.5) is 5.69 Å².